The molecule has 0 unspecified atom stereocenters. The van der Waals surface area contributed by atoms with Gasteiger partial charge in [0.05, 0.1) is 34.9 Å². The molecule has 3 N–H and O–H groups in total. The summed E-state index contributed by atoms with van der Waals surface area (Å²) in [6.07, 6.45) is -3.48. The van der Waals surface area contributed by atoms with Crippen LogP contribution in [0.2, 0.25) is 5.02 Å². The number of nitrogens with zero attached hydrogens (tertiary/aromatic N) is 3. The van der Waals surface area contributed by atoms with Crippen molar-refractivity contribution in [1.29, 1.82) is 0 Å². The maximum absolute atomic E-state index is 13.6. The van der Waals surface area contributed by atoms with E-state index in [1.807, 2.05) is 0 Å². The van der Waals surface area contributed by atoms with E-state index in [0.29, 0.717) is 27.8 Å². The van der Waals surface area contributed by atoms with Gasteiger partial charge in [-0.05, 0) is 44.2 Å². The number of nitrogens with one attached hydrogen (secondary N) is 1. The lowest BCUT2D eigenvalue weighted by atomic mass is 10.1. The first-order valence-electron chi connectivity index (χ1n) is 10.9. The monoisotopic (exact) mass is 563 g/mol. The average molecular weight is 564 g/mol. The Kier molecular flexibility index (Phi) is 6.27. The van der Waals surface area contributed by atoms with Gasteiger partial charge in [0.1, 0.15) is 26.9 Å². The first-order chi connectivity index (χ1) is 17.9. The number of hydrogen-bond donors (Lipinski definition) is 2. The van der Waals surface area contributed by atoms with Crippen molar-refractivity contribution in [2.24, 2.45) is 5.73 Å². The zero-order valence-electron chi connectivity index (χ0n) is 19.6. The Hall–Kier alpha value is -4.10. The van der Waals surface area contributed by atoms with E-state index in [0.717, 1.165) is 11.8 Å². The van der Waals surface area contributed by atoms with Crippen molar-refractivity contribution in [3.05, 3.63) is 75.1 Å². The van der Waals surface area contributed by atoms with Crippen molar-refractivity contribution in [1.82, 2.24) is 14.8 Å². The molecular formula is C24H17ClF3N5O4S. The highest BCUT2D eigenvalue weighted by molar-refractivity contribution is 7.21. The standard InChI is InChI=1S/C24H17ClF3N5O4S/c1-10-18(25)11(2)33(32-10)9-12-5-6-15(37-12)22(35)31-19-17-13(14-4-3-7-36-14)8-16(24(26,27)28)30-23(17)38-20(19)21(29)34/h3-8H,9H2,1-2H3,(H2,29,34)(H,31,35). The number of amides is 2. The Balaban J connectivity index is 1.55. The van der Waals surface area contributed by atoms with Crippen LogP contribution in [0.5, 0.6) is 0 Å². The van der Waals surface area contributed by atoms with E-state index in [1.165, 1.54) is 24.5 Å². The quantitative estimate of drug-likeness (QED) is 0.259. The van der Waals surface area contributed by atoms with E-state index < -0.39 is 23.7 Å². The van der Waals surface area contributed by atoms with Crippen molar-refractivity contribution in [2.75, 3.05) is 5.32 Å². The molecule has 2 amide bonds. The number of alkyl halides is 3. The van der Waals surface area contributed by atoms with Crippen LogP contribution in [0.15, 0.2) is 45.4 Å². The van der Waals surface area contributed by atoms with E-state index in [1.54, 1.807) is 24.6 Å². The average Bonchev–Trinajstić information content (AvgIpc) is 3.64. The van der Waals surface area contributed by atoms with Gasteiger partial charge in [-0.3, -0.25) is 14.3 Å². The molecule has 196 valence electrons. The fourth-order valence-corrected chi connectivity index (χ4v) is 5.04. The van der Waals surface area contributed by atoms with Gasteiger partial charge in [0.25, 0.3) is 11.8 Å². The van der Waals surface area contributed by atoms with Gasteiger partial charge >= 0.3 is 6.18 Å². The number of furan rings is 2. The number of fused-ring (bicyclic) bond motifs is 1. The summed E-state index contributed by atoms with van der Waals surface area (Å²) in [5, 5.41) is 7.48. The summed E-state index contributed by atoms with van der Waals surface area (Å²) in [4.78, 5) is 28.7. The van der Waals surface area contributed by atoms with Crippen LogP contribution >= 0.6 is 22.9 Å². The van der Waals surface area contributed by atoms with Crippen molar-refractivity contribution in [3.63, 3.8) is 0 Å². The summed E-state index contributed by atoms with van der Waals surface area (Å²) in [5.74, 6) is -1.34. The Morgan fingerprint density at radius 3 is 2.61 bits per heavy atom. The third kappa shape index (κ3) is 4.54. The van der Waals surface area contributed by atoms with Crippen LogP contribution in [0.3, 0.4) is 0 Å². The number of pyridine rings is 1. The van der Waals surface area contributed by atoms with Crippen LogP contribution in [0.25, 0.3) is 21.5 Å². The molecule has 38 heavy (non-hydrogen) atoms. The summed E-state index contributed by atoms with van der Waals surface area (Å²) in [5.41, 5.74) is 5.56. The normalized spacial score (nSPS) is 11.8. The fourth-order valence-electron chi connectivity index (χ4n) is 3.90. The SMILES string of the molecule is Cc1nn(Cc2ccc(C(=O)Nc3c(C(N)=O)sc4nc(C(F)(F)F)cc(-c5ccco5)c34)o2)c(C)c1Cl. The maximum atomic E-state index is 13.6. The molecule has 0 saturated carbocycles. The Labute approximate surface area is 221 Å². The molecule has 5 rings (SSSR count). The second kappa shape index (κ2) is 9.33. The number of primary amides is 1. The summed E-state index contributed by atoms with van der Waals surface area (Å²) in [6.45, 7) is 3.76. The Morgan fingerprint density at radius 2 is 2.00 bits per heavy atom. The fraction of sp³-hybridized carbons (Fsp3) is 0.167. The molecule has 14 heteroatoms. The van der Waals surface area contributed by atoms with Crippen molar-refractivity contribution >= 4 is 50.7 Å². The lowest BCUT2D eigenvalue weighted by molar-refractivity contribution is -0.140. The van der Waals surface area contributed by atoms with E-state index in [2.05, 4.69) is 15.4 Å². The molecule has 0 aliphatic carbocycles. The Morgan fingerprint density at radius 1 is 1.24 bits per heavy atom. The predicted octanol–water partition coefficient (Wildman–Crippen LogP) is 6.03. The van der Waals surface area contributed by atoms with Gasteiger partial charge in [0.15, 0.2) is 5.76 Å². The predicted molar refractivity (Wildman–Crippen MR) is 133 cm³/mol. The number of carbonyl (C=O) groups excluding carboxylic acids is 2. The summed E-state index contributed by atoms with van der Waals surface area (Å²) < 4.78 is 53.3. The lowest BCUT2D eigenvalue weighted by Gasteiger charge is -2.10. The van der Waals surface area contributed by atoms with Gasteiger partial charge in [-0.25, -0.2) is 4.98 Å². The molecule has 5 heterocycles. The molecular weight excluding hydrogens is 547 g/mol. The minimum absolute atomic E-state index is 0.0204. The molecule has 0 aromatic carbocycles. The molecule has 5 aromatic heterocycles. The number of thiophene rings is 1. The summed E-state index contributed by atoms with van der Waals surface area (Å²) >= 11 is 6.81. The van der Waals surface area contributed by atoms with Gasteiger partial charge < -0.3 is 19.9 Å². The number of nitrogens with two attached hydrogens (primary N) is 1. The number of aryl methyl sites for hydroxylation is 1. The van der Waals surface area contributed by atoms with Gasteiger partial charge in [-0.1, -0.05) is 11.6 Å². The topological polar surface area (TPSA) is 129 Å². The second-order valence-electron chi connectivity index (χ2n) is 8.24. The molecule has 0 bridgehead atoms. The van der Waals surface area contributed by atoms with Crippen molar-refractivity contribution < 1.29 is 31.6 Å². The van der Waals surface area contributed by atoms with E-state index in [4.69, 9.17) is 26.2 Å². The number of rotatable bonds is 6. The smallest absolute Gasteiger partial charge is 0.433 e. The highest BCUT2D eigenvalue weighted by Gasteiger charge is 2.35. The highest BCUT2D eigenvalue weighted by Crippen LogP contribution is 2.43. The van der Waals surface area contributed by atoms with Crippen LogP contribution in [-0.2, 0) is 12.7 Å². The Bertz CT molecular complexity index is 1700. The lowest BCUT2D eigenvalue weighted by Crippen LogP contribution is -2.16. The van der Waals surface area contributed by atoms with Crippen LogP contribution in [0.1, 0.15) is 43.1 Å². The minimum Gasteiger partial charge on any atom is -0.464 e. The minimum atomic E-state index is -4.77. The number of aromatic nitrogens is 3. The van der Waals surface area contributed by atoms with Gasteiger partial charge in [-0.15, -0.1) is 11.3 Å². The number of carbonyl (C=O) groups is 2. The second-order valence-corrected chi connectivity index (χ2v) is 9.62. The molecule has 0 saturated heterocycles. The molecule has 0 fully saturated rings. The van der Waals surface area contributed by atoms with Crippen molar-refractivity contribution in [2.45, 2.75) is 26.6 Å². The number of anilines is 1. The molecule has 0 aliphatic heterocycles. The van der Waals surface area contributed by atoms with Gasteiger partial charge in [0, 0.05) is 10.9 Å². The largest absolute Gasteiger partial charge is 0.464 e. The van der Waals surface area contributed by atoms with Crippen LogP contribution in [0, 0.1) is 13.8 Å². The summed E-state index contributed by atoms with van der Waals surface area (Å²) in [7, 11) is 0. The first-order valence-corrected chi connectivity index (χ1v) is 12.1. The third-order valence-electron chi connectivity index (χ3n) is 5.69. The summed E-state index contributed by atoms with van der Waals surface area (Å²) in [6, 6.07) is 6.73. The van der Waals surface area contributed by atoms with Crippen LogP contribution in [0.4, 0.5) is 18.9 Å². The molecule has 0 radical (unpaired) electrons. The molecule has 9 nitrogen and oxygen atoms in total. The zero-order valence-corrected chi connectivity index (χ0v) is 21.2. The third-order valence-corrected chi connectivity index (χ3v) is 7.33. The van der Waals surface area contributed by atoms with Gasteiger partial charge in [-0.2, -0.15) is 18.3 Å². The number of halogens is 4. The molecule has 5 aromatic rings. The van der Waals surface area contributed by atoms with E-state index in [9.17, 15) is 22.8 Å². The number of hydrogen-bond acceptors (Lipinski definition) is 7. The van der Waals surface area contributed by atoms with Crippen LogP contribution in [-0.4, -0.2) is 26.6 Å². The van der Waals surface area contributed by atoms with E-state index in [-0.39, 0.29) is 44.4 Å². The highest BCUT2D eigenvalue weighted by atomic mass is 35.5. The van der Waals surface area contributed by atoms with E-state index >= 15 is 0 Å². The zero-order chi connectivity index (χ0) is 27.4. The van der Waals surface area contributed by atoms with Gasteiger partial charge in [0.2, 0.25) is 0 Å². The molecule has 0 atom stereocenters. The maximum Gasteiger partial charge on any atom is 0.433 e. The van der Waals surface area contributed by atoms with Crippen molar-refractivity contribution in [3.8, 4) is 11.3 Å². The molecule has 0 spiro atoms. The van der Waals surface area contributed by atoms with Crippen LogP contribution < -0.4 is 11.1 Å². The molecule has 0 aliphatic rings. The first kappa shape index (κ1) is 25.5.